The average molecular weight is 476 g/mol. The van der Waals surface area contributed by atoms with E-state index in [9.17, 15) is 10.1 Å². The van der Waals surface area contributed by atoms with Gasteiger partial charge >= 0.3 is 0 Å². The molecule has 1 unspecified atom stereocenters. The summed E-state index contributed by atoms with van der Waals surface area (Å²) in [7, 11) is 0. The number of nitrogens with one attached hydrogen (secondary N) is 2. The van der Waals surface area contributed by atoms with Gasteiger partial charge in [-0.05, 0) is 29.5 Å². The van der Waals surface area contributed by atoms with Crippen molar-refractivity contribution in [2.24, 2.45) is 5.41 Å². The van der Waals surface area contributed by atoms with Gasteiger partial charge in [0.2, 0.25) is 0 Å². The topological polar surface area (TPSA) is 74.2 Å². The van der Waals surface area contributed by atoms with Crippen LogP contribution in [0.3, 0.4) is 0 Å². The molecule has 4 rings (SSSR count). The lowest BCUT2D eigenvalue weighted by Gasteiger charge is -2.38. The maximum Gasteiger partial charge on any atom is 0.162 e. The molecule has 3 aliphatic rings. The molecule has 0 spiro atoms. The van der Waals surface area contributed by atoms with Crippen LogP contribution in [-0.4, -0.2) is 32.1 Å². The van der Waals surface area contributed by atoms with Crippen molar-refractivity contribution < 1.29 is 9.53 Å². The highest BCUT2D eigenvalue weighted by molar-refractivity contribution is 9.10. The number of carbonyl (C=O) groups is 1. The number of morpholine rings is 1. The number of nitriles is 1. The SMILES string of the molecule is C1COCCN1.CC1(C)CC(=O)C2=C(C1)NC(S)=C(C#N)C2c1ccc(Br)cc1. The summed E-state index contributed by atoms with van der Waals surface area (Å²) in [6, 6.07) is 10.0. The Bertz CT molecular complexity index is 869. The highest BCUT2D eigenvalue weighted by Gasteiger charge is 2.41. The van der Waals surface area contributed by atoms with Crippen molar-refractivity contribution in [1.29, 1.82) is 5.26 Å². The van der Waals surface area contributed by atoms with Crippen LogP contribution in [0, 0.1) is 16.7 Å². The predicted octanol–water partition coefficient (Wildman–Crippen LogP) is 4.05. The maximum atomic E-state index is 12.8. The van der Waals surface area contributed by atoms with Crippen LogP contribution < -0.4 is 10.6 Å². The fourth-order valence-electron chi connectivity index (χ4n) is 3.89. The second-order valence-corrected chi connectivity index (χ2v) is 9.54. The lowest BCUT2D eigenvalue weighted by molar-refractivity contribution is -0.118. The highest BCUT2D eigenvalue weighted by Crippen LogP contribution is 2.46. The van der Waals surface area contributed by atoms with E-state index >= 15 is 0 Å². The number of carbonyl (C=O) groups excluding carboxylic acids is 1. The van der Waals surface area contributed by atoms with Crippen molar-refractivity contribution in [3.63, 3.8) is 0 Å². The lowest BCUT2D eigenvalue weighted by Crippen LogP contribution is -2.36. The number of dihydropyridines is 1. The molecule has 1 saturated heterocycles. The number of halogens is 1. The van der Waals surface area contributed by atoms with Gasteiger partial charge in [-0.1, -0.05) is 41.9 Å². The molecule has 1 aliphatic carbocycles. The molecule has 1 aromatic rings. The zero-order valence-corrected chi connectivity index (χ0v) is 19.2. The Labute approximate surface area is 186 Å². The van der Waals surface area contributed by atoms with Gasteiger partial charge in [-0.2, -0.15) is 5.26 Å². The number of nitrogens with zero attached hydrogens (tertiary/aromatic N) is 1. The first kappa shape index (κ1) is 22.1. The van der Waals surface area contributed by atoms with E-state index in [1.165, 1.54) is 0 Å². The molecular weight excluding hydrogens is 450 g/mol. The quantitative estimate of drug-likeness (QED) is 0.534. The first-order valence-corrected chi connectivity index (χ1v) is 11.0. The lowest BCUT2D eigenvalue weighted by atomic mass is 9.69. The molecule has 29 heavy (non-hydrogen) atoms. The summed E-state index contributed by atoms with van der Waals surface area (Å²) in [6.45, 7) is 8.01. The van der Waals surface area contributed by atoms with Crippen LogP contribution in [0.15, 0.2) is 50.6 Å². The normalized spacial score (nSPS) is 23.4. The largest absolute Gasteiger partial charge is 0.379 e. The second kappa shape index (κ2) is 9.48. The zero-order chi connectivity index (χ0) is 21.0. The van der Waals surface area contributed by atoms with Crippen molar-refractivity contribution in [3.05, 3.63) is 56.2 Å². The Kier molecular flexibility index (Phi) is 7.23. The number of thiol groups is 1. The van der Waals surface area contributed by atoms with E-state index in [1.807, 2.05) is 24.3 Å². The third-order valence-electron chi connectivity index (χ3n) is 5.19. The van der Waals surface area contributed by atoms with E-state index < -0.39 is 0 Å². The number of ether oxygens (including phenoxy) is 1. The van der Waals surface area contributed by atoms with E-state index in [-0.39, 0.29) is 17.1 Å². The van der Waals surface area contributed by atoms with Gasteiger partial charge in [0.1, 0.15) is 0 Å². The summed E-state index contributed by atoms with van der Waals surface area (Å²) in [5.74, 6) is -0.217. The van der Waals surface area contributed by atoms with Crippen LogP contribution >= 0.6 is 28.6 Å². The van der Waals surface area contributed by atoms with Gasteiger partial charge in [-0.15, -0.1) is 12.6 Å². The minimum absolute atomic E-state index is 0.0780. The van der Waals surface area contributed by atoms with Crippen LogP contribution in [0.25, 0.3) is 0 Å². The van der Waals surface area contributed by atoms with E-state index in [4.69, 9.17) is 4.74 Å². The Morgan fingerprint density at radius 3 is 2.38 bits per heavy atom. The smallest absolute Gasteiger partial charge is 0.162 e. The third-order valence-corrected chi connectivity index (χ3v) is 6.07. The van der Waals surface area contributed by atoms with Gasteiger partial charge < -0.3 is 15.4 Å². The van der Waals surface area contributed by atoms with Crippen LogP contribution in [-0.2, 0) is 9.53 Å². The number of ketones is 1. The molecule has 1 aromatic carbocycles. The van der Waals surface area contributed by atoms with Crippen molar-refractivity contribution in [1.82, 2.24) is 10.6 Å². The minimum atomic E-state index is -0.333. The minimum Gasteiger partial charge on any atom is -0.379 e. The monoisotopic (exact) mass is 475 g/mol. The Balaban J connectivity index is 0.000000343. The number of rotatable bonds is 1. The molecule has 0 amide bonds. The van der Waals surface area contributed by atoms with Crippen LogP contribution in [0.4, 0.5) is 0 Å². The zero-order valence-electron chi connectivity index (χ0n) is 16.7. The number of Topliss-reactive ketones (excluding diaryl/α,β-unsaturated/α-hetero) is 1. The van der Waals surface area contributed by atoms with Gasteiger partial charge in [-0.3, -0.25) is 4.79 Å². The van der Waals surface area contributed by atoms with Crippen molar-refractivity contribution in [2.75, 3.05) is 26.3 Å². The molecule has 0 saturated carbocycles. The third kappa shape index (κ3) is 5.32. The van der Waals surface area contributed by atoms with Gasteiger partial charge in [0, 0.05) is 35.3 Å². The van der Waals surface area contributed by atoms with Crippen molar-refractivity contribution in [2.45, 2.75) is 32.6 Å². The van der Waals surface area contributed by atoms with Crippen LogP contribution in [0.2, 0.25) is 0 Å². The highest BCUT2D eigenvalue weighted by atomic mass is 79.9. The summed E-state index contributed by atoms with van der Waals surface area (Å²) in [4.78, 5) is 12.8. The summed E-state index contributed by atoms with van der Waals surface area (Å²) in [5, 5.41) is 16.5. The molecule has 0 radical (unpaired) electrons. The van der Waals surface area contributed by atoms with E-state index in [2.05, 4.69) is 59.1 Å². The maximum absolute atomic E-state index is 12.8. The van der Waals surface area contributed by atoms with Gasteiger partial charge in [-0.25, -0.2) is 0 Å². The number of hydrogen-bond donors (Lipinski definition) is 3. The predicted molar refractivity (Wildman–Crippen MR) is 120 cm³/mol. The van der Waals surface area contributed by atoms with Gasteiger partial charge in [0.25, 0.3) is 0 Å². The Morgan fingerprint density at radius 1 is 1.21 bits per heavy atom. The molecule has 1 atom stereocenters. The average Bonchev–Trinajstić information content (AvgIpc) is 2.68. The molecule has 2 heterocycles. The Morgan fingerprint density at radius 2 is 1.86 bits per heavy atom. The standard InChI is InChI=1S/C18H17BrN2OS.C4H9NO/c1-18(2)7-13-16(14(22)8-18)15(12(9-20)17(23)21-13)10-3-5-11(19)6-4-10;1-3-6-4-2-5-1/h3-6,15,21,23H,7-8H2,1-2H3;5H,1-4H2. The van der Waals surface area contributed by atoms with Crippen molar-refractivity contribution >= 4 is 34.3 Å². The molecular formula is C22H26BrN3O2S. The van der Waals surface area contributed by atoms with E-state index in [0.29, 0.717) is 17.0 Å². The fraction of sp³-hybridized carbons (Fsp3) is 0.455. The number of hydrogen-bond acceptors (Lipinski definition) is 6. The first-order chi connectivity index (χ1) is 13.8. The van der Waals surface area contributed by atoms with Crippen molar-refractivity contribution in [3.8, 4) is 6.07 Å². The van der Waals surface area contributed by atoms with E-state index in [0.717, 1.165) is 54.0 Å². The molecule has 2 N–H and O–H groups in total. The summed E-state index contributed by atoms with van der Waals surface area (Å²) < 4.78 is 5.97. The molecule has 0 aromatic heterocycles. The molecule has 2 aliphatic heterocycles. The second-order valence-electron chi connectivity index (χ2n) is 8.18. The molecule has 154 valence electrons. The Hall–Kier alpha value is -1.59. The van der Waals surface area contributed by atoms with Gasteiger partial charge in [0.15, 0.2) is 5.78 Å². The first-order valence-electron chi connectivity index (χ1n) is 9.73. The number of allylic oxidation sites excluding steroid dienone is 3. The summed E-state index contributed by atoms with van der Waals surface area (Å²) in [5.41, 5.74) is 3.00. The molecule has 1 fully saturated rings. The molecule has 5 nitrogen and oxygen atoms in total. The fourth-order valence-corrected chi connectivity index (χ4v) is 4.47. The molecule has 7 heteroatoms. The molecule has 0 bridgehead atoms. The number of benzene rings is 1. The van der Waals surface area contributed by atoms with Gasteiger partial charge in [0.05, 0.1) is 35.8 Å². The van der Waals surface area contributed by atoms with Crippen LogP contribution in [0.1, 0.15) is 38.2 Å². The summed E-state index contributed by atoms with van der Waals surface area (Å²) in [6.07, 6.45) is 1.28. The summed E-state index contributed by atoms with van der Waals surface area (Å²) >= 11 is 7.89. The van der Waals surface area contributed by atoms with E-state index in [1.54, 1.807) is 0 Å². The van der Waals surface area contributed by atoms with Crippen LogP contribution in [0.5, 0.6) is 0 Å².